The molecule has 1 saturated carbocycles. The molecule has 1 aliphatic rings. The predicted octanol–water partition coefficient (Wildman–Crippen LogP) is 3.74. The van der Waals surface area contributed by atoms with Gasteiger partial charge >= 0.3 is 0 Å². The van der Waals surface area contributed by atoms with E-state index >= 15 is 0 Å². The van der Waals surface area contributed by atoms with Crippen LogP contribution in [0.4, 0.5) is 5.69 Å². The SMILES string of the molecule is CCNC(=O)c1ccc(NC(C)C2CCCC2)c(C)c1. The van der Waals surface area contributed by atoms with Crippen molar-refractivity contribution in [1.82, 2.24) is 5.32 Å². The van der Waals surface area contributed by atoms with Gasteiger partial charge in [0.1, 0.15) is 0 Å². The number of amides is 1. The molecule has 0 spiro atoms. The van der Waals surface area contributed by atoms with E-state index in [9.17, 15) is 4.79 Å². The van der Waals surface area contributed by atoms with Crippen LogP contribution < -0.4 is 10.6 Å². The first kappa shape index (κ1) is 14.9. The van der Waals surface area contributed by atoms with Crippen LogP contribution in [0.5, 0.6) is 0 Å². The van der Waals surface area contributed by atoms with Crippen molar-refractivity contribution in [3.05, 3.63) is 29.3 Å². The third kappa shape index (κ3) is 3.53. The number of carbonyl (C=O) groups is 1. The van der Waals surface area contributed by atoms with Gasteiger partial charge in [0.2, 0.25) is 0 Å². The van der Waals surface area contributed by atoms with Gasteiger partial charge < -0.3 is 10.6 Å². The van der Waals surface area contributed by atoms with E-state index in [0.29, 0.717) is 12.6 Å². The van der Waals surface area contributed by atoms with E-state index < -0.39 is 0 Å². The molecule has 0 aromatic heterocycles. The molecule has 0 bridgehead atoms. The first-order valence-corrected chi connectivity index (χ1v) is 7.77. The molecule has 3 heteroatoms. The van der Waals surface area contributed by atoms with Crippen LogP contribution >= 0.6 is 0 Å². The van der Waals surface area contributed by atoms with E-state index in [1.807, 2.05) is 25.1 Å². The highest BCUT2D eigenvalue weighted by Crippen LogP contribution is 2.30. The summed E-state index contributed by atoms with van der Waals surface area (Å²) in [7, 11) is 0. The molecular weight excluding hydrogens is 248 g/mol. The molecule has 3 nitrogen and oxygen atoms in total. The molecule has 1 unspecified atom stereocenters. The fourth-order valence-electron chi connectivity index (χ4n) is 3.05. The fraction of sp³-hybridized carbons (Fsp3) is 0.588. The number of hydrogen-bond acceptors (Lipinski definition) is 2. The van der Waals surface area contributed by atoms with Crippen molar-refractivity contribution in [3.8, 4) is 0 Å². The van der Waals surface area contributed by atoms with Crippen molar-refractivity contribution in [3.63, 3.8) is 0 Å². The second-order valence-corrected chi connectivity index (χ2v) is 5.87. The number of aryl methyl sites for hydroxylation is 1. The lowest BCUT2D eigenvalue weighted by Gasteiger charge is -2.23. The molecule has 1 aromatic rings. The summed E-state index contributed by atoms with van der Waals surface area (Å²) in [6.45, 7) is 6.93. The average molecular weight is 274 g/mol. The summed E-state index contributed by atoms with van der Waals surface area (Å²) in [5.74, 6) is 0.795. The monoisotopic (exact) mass is 274 g/mol. The molecule has 20 heavy (non-hydrogen) atoms. The Bertz CT molecular complexity index is 464. The van der Waals surface area contributed by atoms with Crippen LogP contribution in [0.3, 0.4) is 0 Å². The minimum atomic E-state index is 0.00555. The molecule has 0 saturated heterocycles. The van der Waals surface area contributed by atoms with E-state index in [1.54, 1.807) is 0 Å². The lowest BCUT2D eigenvalue weighted by atomic mass is 9.99. The van der Waals surface area contributed by atoms with Crippen LogP contribution in [0.2, 0.25) is 0 Å². The van der Waals surface area contributed by atoms with Crippen molar-refractivity contribution in [2.24, 2.45) is 5.92 Å². The van der Waals surface area contributed by atoms with Crippen LogP contribution in [0.25, 0.3) is 0 Å². The highest BCUT2D eigenvalue weighted by atomic mass is 16.1. The van der Waals surface area contributed by atoms with E-state index in [2.05, 4.69) is 24.5 Å². The maximum absolute atomic E-state index is 11.8. The van der Waals surface area contributed by atoms with Gasteiger partial charge in [0, 0.05) is 23.8 Å². The highest BCUT2D eigenvalue weighted by Gasteiger charge is 2.21. The van der Waals surface area contributed by atoms with Gasteiger partial charge in [-0.2, -0.15) is 0 Å². The topological polar surface area (TPSA) is 41.1 Å². The minimum Gasteiger partial charge on any atom is -0.382 e. The number of anilines is 1. The van der Waals surface area contributed by atoms with Gasteiger partial charge in [-0.25, -0.2) is 0 Å². The van der Waals surface area contributed by atoms with Gasteiger partial charge in [-0.05, 0) is 63.3 Å². The zero-order valence-corrected chi connectivity index (χ0v) is 12.8. The Kier molecular flexibility index (Phi) is 5.05. The fourth-order valence-corrected chi connectivity index (χ4v) is 3.05. The van der Waals surface area contributed by atoms with Crippen molar-refractivity contribution in [2.75, 3.05) is 11.9 Å². The molecule has 1 atom stereocenters. The standard InChI is InChI=1S/C17H26N2O/c1-4-18-17(20)15-9-10-16(12(2)11-15)19-13(3)14-7-5-6-8-14/h9-11,13-14,19H,4-8H2,1-3H3,(H,18,20). The largest absolute Gasteiger partial charge is 0.382 e. The molecule has 0 heterocycles. The Morgan fingerprint density at radius 2 is 2.05 bits per heavy atom. The van der Waals surface area contributed by atoms with E-state index in [1.165, 1.54) is 25.7 Å². The Hall–Kier alpha value is -1.51. The molecule has 1 aromatic carbocycles. The van der Waals surface area contributed by atoms with Crippen molar-refractivity contribution < 1.29 is 4.79 Å². The van der Waals surface area contributed by atoms with Crippen LogP contribution in [-0.4, -0.2) is 18.5 Å². The number of hydrogen-bond donors (Lipinski definition) is 2. The Morgan fingerprint density at radius 3 is 2.65 bits per heavy atom. The minimum absolute atomic E-state index is 0.00555. The summed E-state index contributed by atoms with van der Waals surface area (Å²) in [5, 5.41) is 6.45. The summed E-state index contributed by atoms with van der Waals surface area (Å²) in [6, 6.07) is 6.41. The lowest BCUT2D eigenvalue weighted by Crippen LogP contribution is -2.25. The maximum Gasteiger partial charge on any atom is 0.251 e. The lowest BCUT2D eigenvalue weighted by molar-refractivity contribution is 0.0956. The maximum atomic E-state index is 11.8. The number of nitrogens with one attached hydrogen (secondary N) is 2. The predicted molar refractivity (Wildman–Crippen MR) is 84.2 cm³/mol. The average Bonchev–Trinajstić information content (AvgIpc) is 2.95. The Balaban J connectivity index is 2.03. The second-order valence-electron chi connectivity index (χ2n) is 5.87. The molecule has 0 aliphatic heterocycles. The van der Waals surface area contributed by atoms with Gasteiger partial charge in [0.05, 0.1) is 0 Å². The Labute approximate surface area is 122 Å². The van der Waals surface area contributed by atoms with E-state index in [-0.39, 0.29) is 5.91 Å². The molecule has 1 fully saturated rings. The molecule has 110 valence electrons. The second kappa shape index (κ2) is 6.78. The first-order valence-electron chi connectivity index (χ1n) is 7.77. The van der Waals surface area contributed by atoms with Crippen molar-refractivity contribution >= 4 is 11.6 Å². The van der Waals surface area contributed by atoms with Crippen molar-refractivity contribution in [1.29, 1.82) is 0 Å². The van der Waals surface area contributed by atoms with Crippen molar-refractivity contribution in [2.45, 2.75) is 52.5 Å². The normalized spacial score (nSPS) is 16.9. The summed E-state index contributed by atoms with van der Waals surface area (Å²) in [6.07, 6.45) is 5.41. The highest BCUT2D eigenvalue weighted by molar-refractivity contribution is 5.94. The quantitative estimate of drug-likeness (QED) is 0.859. The Morgan fingerprint density at radius 1 is 1.35 bits per heavy atom. The van der Waals surface area contributed by atoms with Gasteiger partial charge in [-0.15, -0.1) is 0 Å². The zero-order chi connectivity index (χ0) is 14.5. The number of benzene rings is 1. The molecular formula is C17H26N2O. The number of carbonyl (C=O) groups excluding carboxylic acids is 1. The summed E-state index contributed by atoms with van der Waals surface area (Å²) < 4.78 is 0. The third-order valence-electron chi connectivity index (χ3n) is 4.32. The van der Waals surface area contributed by atoms with E-state index in [4.69, 9.17) is 0 Å². The van der Waals surface area contributed by atoms with Crippen LogP contribution in [-0.2, 0) is 0 Å². The number of rotatable bonds is 5. The summed E-state index contributed by atoms with van der Waals surface area (Å²) in [5.41, 5.74) is 3.03. The van der Waals surface area contributed by atoms with Crippen LogP contribution in [0.1, 0.15) is 55.5 Å². The summed E-state index contributed by atoms with van der Waals surface area (Å²) in [4.78, 5) is 11.8. The van der Waals surface area contributed by atoms with Gasteiger partial charge in [-0.3, -0.25) is 4.79 Å². The molecule has 1 amide bonds. The van der Waals surface area contributed by atoms with Crippen LogP contribution in [0, 0.1) is 12.8 Å². The third-order valence-corrected chi connectivity index (χ3v) is 4.32. The molecule has 2 rings (SSSR count). The molecule has 2 N–H and O–H groups in total. The van der Waals surface area contributed by atoms with Gasteiger partial charge in [-0.1, -0.05) is 12.8 Å². The smallest absolute Gasteiger partial charge is 0.251 e. The summed E-state index contributed by atoms with van der Waals surface area (Å²) >= 11 is 0. The van der Waals surface area contributed by atoms with Gasteiger partial charge in [0.25, 0.3) is 5.91 Å². The zero-order valence-electron chi connectivity index (χ0n) is 12.8. The van der Waals surface area contributed by atoms with Crippen LogP contribution in [0.15, 0.2) is 18.2 Å². The van der Waals surface area contributed by atoms with Gasteiger partial charge in [0.15, 0.2) is 0 Å². The van der Waals surface area contributed by atoms with E-state index in [0.717, 1.165) is 22.7 Å². The molecule has 0 radical (unpaired) electrons. The first-order chi connectivity index (χ1) is 9.61. The molecule has 1 aliphatic carbocycles.